The van der Waals surface area contributed by atoms with Crippen molar-refractivity contribution in [3.05, 3.63) is 71.4 Å². The van der Waals surface area contributed by atoms with Gasteiger partial charge in [-0.2, -0.15) is 5.10 Å². The summed E-state index contributed by atoms with van der Waals surface area (Å²) in [5.41, 5.74) is 10.4. The third kappa shape index (κ3) is 6.28. The molecule has 3 aromatic rings. The molecule has 1 amide bonds. The van der Waals surface area contributed by atoms with Gasteiger partial charge >= 0.3 is 0 Å². The maximum absolute atomic E-state index is 12.6. The fourth-order valence-electron chi connectivity index (χ4n) is 3.15. The second-order valence-corrected chi connectivity index (χ2v) is 8.81. The van der Waals surface area contributed by atoms with Gasteiger partial charge in [0.05, 0.1) is 28.7 Å². The van der Waals surface area contributed by atoms with Gasteiger partial charge in [-0.3, -0.25) is 14.5 Å². The zero-order valence-electron chi connectivity index (χ0n) is 20.3. The molecule has 0 spiro atoms. The van der Waals surface area contributed by atoms with Gasteiger partial charge in [-0.05, 0) is 57.9 Å². The van der Waals surface area contributed by atoms with Gasteiger partial charge in [0.15, 0.2) is 0 Å². The van der Waals surface area contributed by atoms with Gasteiger partial charge in [-0.15, -0.1) is 0 Å². The number of aliphatic imine (C=N–C) groups is 1. The highest BCUT2D eigenvalue weighted by atomic mass is 16.1. The summed E-state index contributed by atoms with van der Waals surface area (Å²) >= 11 is 0. The van der Waals surface area contributed by atoms with Crippen LogP contribution in [-0.2, 0) is 12.1 Å². The first kappa shape index (κ1) is 24.6. The van der Waals surface area contributed by atoms with E-state index in [1.54, 1.807) is 29.5 Å². The first-order chi connectivity index (χ1) is 16.2. The zero-order valence-corrected chi connectivity index (χ0v) is 20.3. The number of nitrogens with one attached hydrogen (secondary N) is 2. The van der Waals surface area contributed by atoms with Crippen LogP contribution in [0.4, 0.5) is 5.95 Å². The minimum atomic E-state index is -0.174. The van der Waals surface area contributed by atoms with Crippen molar-refractivity contribution < 1.29 is 4.79 Å². The van der Waals surface area contributed by atoms with Crippen LogP contribution < -0.4 is 16.4 Å². The van der Waals surface area contributed by atoms with Crippen molar-refractivity contribution in [3.63, 3.8) is 0 Å². The fourth-order valence-corrected chi connectivity index (χ4v) is 3.15. The molecule has 4 N–H and O–H groups in total. The number of rotatable bonds is 8. The highest BCUT2D eigenvalue weighted by Crippen LogP contribution is 2.22. The summed E-state index contributed by atoms with van der Waals surface area (Å²) in [4.78, 5) is 25.6. The molecule has 0 unspecified atom stereocenters. The molecular formula is C25H32N8O. The van der Waals surface area contributed by atoms with E-state index in [0.717, 1.165) is 22.4 Å². The van der Waals surface area contributed by atoms with Gasteiger partial charge in [0, 0.05) is 43.5 Å². The minimum Gasteiger partial charge on any atom is -0.403 e. The van der Waals surface area contributed by atoms with Gasteiger partial charge in [0.25, 0.3) is 5.91 Å². The quantitative estimate of drug-likeness (QED) is 0.441. The van der Waals surface area contributed by atoms with Gasteiger partial charge in [0.2, 0.25) is 5.95 Å². The Labute approximate surface area is 200 Å². The molecule has 9 heteroatoms. The van der Waals surface area contributed by atoms with Crippen LogP contribution in [-0.4, -0.2) is 38.4 Å². The summed E-state index contributed by atoms with van der Waals surface area (Å²) in [5, 5.41) is 10.3. The van der Waals surface area contributed by atoms with Crippen LogP contribution in [0.15, 0.2) is 59.7 Å². The Morgan fingerprint density at radius 3 is 2.71 bits per heavy atom. The normalized spacial score (nSPS) is 12.2. The Kier molecular flexibility index (Phi) is 7.78. The lowest BCUT2D eigenvalue weighted by atomic mass is 10.0. The molecule has 0 aliphatic heterocycles. The van der Waals surface area contributed by atoms with Crippen molar-refractivity contribution in [1.82, 2.24) is 25.1 Å². The Morgan fingerprint density at radius 2 is 2.06 bits per heavy atom. The summed E-state index contributed by atoms with van der Waals surface area (Å²) in [6.45, 7) is 11.2. The Balaban J connectivity index is 1.69. The monoisotopic (exact) mass is 460 g/mol. The summed E-state index contributed by atoms with van der Waals surface area (Å²) in [6, 6.07) is 7.87. The first-order valence-electron chi connectivity index (χ1n) is 11.2. The highest BCUT2D eigenvalue weighted by Gasteiger charge is 2.17. The molecule has 0 atom stereocenters. The number of amides is 1. The van der Waals surface area contributed by atoms with Crippen molar-refractivity contribution in [1.29, 1.82) is 0 Å². The van der Waals surface area contributed by atoms with Gasteiger partial charge in [-0.25, -0.2) is 9.97 Å². The predicted molar refractivity (Wildman–Crippen MR) is 136 cm³/mol. The van der Waals surface area contributed by atoms with E-state index in [0.29, 0.717) is 30.3 Å². The van der Waals surface area contributed by atoms with Crippen molar-refractivity contribution in [2.45, 2.75) is 46.7 Å². The second-order valence-electron chi connectivity index (χ2n) is 8.81. The van der Waals surface area contributed by atoms with Crippen molar-refractivity contribution in [2.24, 2.45) is 10.7 Å². The van der Waals surface area contributed by atoms with Crippen LogP contribution in [0.1, 0.15) is 49.2 Å². The Hall–Kier alpha value is -4.01. The number of carbonyl (C=O) groups excluding carboxylic acids is 1. The van der Waals surface area contributed by atoms with Crippen molar-refractivity contribution in [2.75, 3.05) is 11.9 Å². The Morgan fingerprint density at radius 1 is 1.26 bits per heavy atom. The van der Waals surface area contributed by atoms with Gasteiger partial charge in [0.1, 0.15) is 0 Å². The number of carbonyl (C=O) groups is 1. The molecule has 0 aliphatic carbocycles. The van der Waals surface area contributed by atoms with E-state index in [1.165, 1.54) is 6.20 Å². The summed E-state index contributed by atoms with van der Waals surface area (Å²) in [6.07, 6.45) is 8.13. The molecule has 34 heavy (non-hydrogen) atoms. The standard InChI is InChI=1S/C25H32N8O/c1-6-27-15-21(12-26)31-24-28-10-9-22(32-24)18-7-8-19(17(2)11-18)13-29-23(34)20-14-30-33(16-20)25(3,4)5/h7-12,14-16H,6,13,26H2,1-5H3,(H,29,34)(H,28,31,32)/b21-12+,27-15?. The smallest absolute Gasteiger partial charge is 0.254 e. The van der Waals surface area contributed by atoms with Crippen LogP contribution in [0.3, 0.4) is 0 Å². The summed E-state index contributed by atoms with van der Waals surface area (Å²) in [7, 11) is 0. The predicted octanol–water partition coefficient (Wildman–Crippen LogP) is 3.64. The third-order valence-corrected chi connectivity index (χ3v) is 5.11. The lowest BCUT2D eigenvalue weighted by molar-refractivity contribution is 0.0950. The Bertz CT molecular complexity index is 1200. The number of hydrogen-bond acceptors (Lipinski definition) is 7. The number of hydrogen-bond donors (Lipinski definition) is 3. The SMILES string of the molecule is CCN=C/C(=C\N)Nc1nccc(-c2ccc(CNC(=O)c3cnn(C(C)(C)C)c3)c(C)c2)n1. The van der Waals surface area contributed by atoms with Gasteiger partial charge in [-0.1, -0.05) is 12.1 Å². The maximum atomic E-state index is 12.6. The van der Waals surface area contributed by atoms with E-state index < -0.39 is 0 Å². The molecule has 2 heterocycles. The molecule has 3 rings (SSSR count). The lowest BCUT2D eigenvalue weighted by Crippen LogP contribution is -2.24. The second kappa shape index (κ2) is 10.7. The van der Waals surface area contributed by atoms with Crippen LogP contribution >= 0.6 is 0 Å². The summed E-state index contributed by atoms with van der Waals surface area (Å²) in [5.74, 6) is 0.280. The molecule has 0 saturated carbocycles. The maximum Gasteiger partial charge on any atom is 0.254 e. The van der Waals surface area contributed by atoms with Crippen LogP contribution in [0, 0.1) is 6.92 Å². The number of nitrogens with zero attached hydrogens (tertiary/aromatic N) is 5. The molecule has 0 radical (unpaired) electrons. The third-order valence-electron chi connectivity index (χ3n) is 5.11. The van der Waals surface area contributed by atoms with Crippen LogP contribution in [0.5, 0.6) is 0 Å². The largest absolute Gasteiger partial charge is 0.403 e. The number of anilines is 1. The number of nitrogens with two attached hydrogens (primary N) is 1. The zero-order chi connectivity index (χ0) is 24.7. The van der Waals surface area contributed by atoms with E-state index in [2.05, 4.69) is 30.7 Å². The fraction of sp³-hybridized carbons (Fsp3) is 0.320. The molecule has 178 valence electrons. The lowest BCUT2D eigenvalue weighted by Gasteiger charge is -2.18. The topological polar surface area (TPSA) is 123 Å². The number of benzene rings is 1. The van der Waals surface area contributed by atoms with Crippen molar-refractivity contribution >= 4 is 18.1 Å². The van der Waals surface area contributed by atoms with E-state index in [4.69, 9.17) is 5.73 Å². The van der Waals surface area contributed by atoms with E-state index >= 15 is 0 Å². The summed E-state index contributed by atoms with van der Waals surface area (Å²) < 4.78 is 1.79. The van der Waals surface area contributed by atoms with Crippen molar-refractivity contribution in [3.8, 4) is 11.3 Å². The molecule has 0 fully saturated rings. The molecule has 0 bridgehead atoms. The minimum absolute atomic E-state index is 0.152. The van der Waals surface area contributed by atoms with E-state index in [1.807, 2.05) is 58.9 Å². The number of aromatic nitrogens is 4. The number of allylic oxidation sites excluding steroid dienone is 1. The first-order valence-corrected chi connectivity index (χ1v) is 11.2. The number of aryl methyl sites for hydroxylation is 1. The highest BCUT2D eigenvalue weighted by molar-refractivity contribution is 5.93. The molecule has 0 aliphatic rings. The molecule has 2 aromatic heterocycles. The average molecular weight is 461 g/mol. The molecule has 9 nitrogen and oxygen atoms in total. The molecule has 1 aromatic carbocycles. The molecular weight excluding hydrogens is 428 g/mol. The average Bonchev–Trinajstić information content (AvgIpc) is 3.32. The van der Waals surface area contributed by atoms with E-state index in [-0.39, 0.29) is 11.4 Å². The van der Waals surface area contributed by atoms with Crippen LogP contribution in [0.25, 0.3) is 11.3 Å². The van der Waals surface area contributed by atoms with E-state index in [9.17, 15) is 4.79 Å². The van der Waals surface area contributed by atoms with Gasteiger partial charge < -0.3 is 16.4 Å². The van der Waals surface area contributed by atoms with Crippen LogP contribution in [0.2, 0.25) is 0 Å². The molecule has 0 saturated heterocycles.